The van der Waals surface area contributed by atoms with Crippen LogP contribution in [0.1, 0.15) is 39.0 Å². The van der Waals surface area contributed by atoms with E-state index in [0.29, 0.717) is 24.0 Å². The lowest BCUT2D eigenvalue weighted by Crippen LogP contribution is -2.29. The molecule has 6 nitrogen and oxygen atoms in total. The number of amides is 1. The summed E-state index contributed by atoms with van der Waals surface area (Å²) in [5.41, 5.74) is 0.860. The van der Waals surface area contributed by atoms with Crippen LogP contribution in [-0.2, 0) is 11.2 Å². The van der Waals surface area contributed by atoms with E-state index in [0.717, 1.165) is 31.2 Å². The van der Waals surface area contributed by atoms with E-state index in [4.69, 9.17) is 9.26 Å². The zero-order chi connectivity index (χ0) is 16.5. The minimum Gasteiger partial charge on any atom is -0.484 e. The number of nitrogens with one attached hydrogen (secondary N) is 1. The highest BCUT2D eigenvalue weighted by molar-refractivity contribution is 5.77. The molecule has 0 saturated carbocycles. The number of hydrogen-bond donors (Lipinski definition) is 1. The van der Waals surface area contributed by atoms with Gasteiger partial charge in [-0.1, -0.05) is 25.4 Å². The Labute approximate surface area is 136 Å². The second kappa shape index (κ2) is 8.92. The number of nitrogens with zero attached hydrogens (tertiary/aromatic N) is 2. The summed E-state index contributed by atoms with van der Waals surface area (Å²) in [7, 11) is 0. The maximum atomic E-state index is 11.5. The number of carbonyl (C=O) groups excluding carboxylic acids is 1. The Morgan fingerprint density at radius 2 is 2.00 bits per heavy atom. The molecule has 1 aromatic heterocycles. The van der Waals surface area contributed by atoms with Crippen LogP contribution < -0.4 is 10.1 Å². The molecule has 0 aliphatic heterocycles. The number of aryl methyl sites for hydroxylation is 1. The van der Waals surface area contributed by atoms with E-state index in [2.05, 4.69) is 22.4 Å². The molecule has 0 unspecified atom stereocenters. The first-order valence-electron chi connectivity index (χ1n) is 8.05. The normalized spacial score (nSPS) is 10.5. The number of carbonyl (C=O) groups is 1. The average Bonchev–Trinajstić information content (AvgIpc) is 3.05. The molecule has 2 aromatic rings. The highest BCUT2D eigenvalue weighted by Crippen LogP contribution is 2.20. The average molecular weight is 317 g/mol. The summed E-state index contributed by atoms with van der Waals surface area (Å²) in [6.07, 6.45) is 3.84. The zero-order valence-corrected chi connectivity index (χ0v) is 13.7. The number of hydrogen-bond acceptors (Lipinski definition) is 5. The van der Waals surface area contributed by atoms with E-state index in [9.17, 15) is 4.79 Å². The summed E-state index contributed by atoms with van der Waals surface area (Å²) < 4.78 is 10.7. The smallest absolute Gasteiger partial charge is 0.257 e. The summed E-state index contributed by atoms with van der Waals surface area (Å²) in [5.74, 6) is 1.75. The molecule has 2 rings (SSSR count). The molecule has 0 aliphatic rings. The summed E-state index contributed by atoms with van der Waals surface area (Å²) in [5, 5.41) is 6.75. The Kier molecular flexibility index (Phi) is 6.59. The van der Waals surface area contributed by atoms with Gasteiger partial charge >= 0.3 is 0 Å². The molecule has 0 radical (unpaired) electrons. The lowest BCUT2D eigenvalue weighted by molar-refractivity contribution is -0.123. The maximum absolute atomic E-state index is 11.5. The standard InChI is InChI=1S/C17H23N3O3/c1-3-5-6-16-19-17(20-23-16)13-7-9-14(10-8-13)22-12-15(21)18-11-4-2/h7-10H,3-6,11-12H2,1-2H3,(H,18,21). The Morgan fingerprint density at radius 1 is 1.22 bits per heavy atom. The molecule has 1 N–H and O–H groups in total. The van der Waals surface area contributed by atoms with Crippen molar-refractivity contribution >= 4 is 5.91 Å². The van der Waals surface area contributed by atoms with Gasteiger partial charge in [-0.15, -0.1) is 0 Å². The third kappa shape index (κ3) is 5.39. The Hall–Kier alpha value is -2.37. The van der Waals surface area contributed by atoms with E-state index >= 15 is 0 Å². The third-order valence-electron chi connectivity index (χ3n) is 3.27. The first-order valence-corrected chi connectivity index (χ1v) is 8.05. The van der Waals surface area contributed by atoms with Gasteiger partial charge in [-0.3, -0.25) is 4.79 Å². The minimum atomic E-state index is -0.116. The molecule has 0 bridgehead atoms. The van der Waals surface area contributed by atoms with Gasteiger partial charge in [0.05, 0.1) is 0 Å². The first-order chi connectivity index (χ1) is 11.2. The van der Waals surface area contributed by atoms with E-state index in [1.807, 2.05) is 19.1 Å². The Balaban J connectivity index is 1.89. The molecule has 6 heteroatoms. The topological polar surface area (TPSA) is 77.2 Å². The van der Waals surface area contributed by atoms with Gasteiger partial charge in [-0.25, -0.2) is 0 Å². The van der Waals surface area contributed by atoms with Crippen LogP contribution in [0.4, 0.5) is 0 Å². The second-order valence-corrected chi connectivity index (χ2v) is 5.28. The van der Waals surface area contributed by atoms with Gasteiger partial charge in [0, 0.05) is 18.5 Å². The van der Waals surface area contributed by atoms with Crippen LogP contribution in [0.25, 0.3) is 11.4 Å². The van der Waals surface area contributed by atoms with E-state index in [1.54, 1.807) is 12.1 Å². The SMILES string of the molecule is CCCCc1nc(-c2ccc(OCC(=O)NCCC)cc2)no1. The number of aromatic nitrogens is 2. The fourth-order valence-electron chi connectivity index (χ4n) is 1.97. The molecule has 0 spiro atoms. The fourth-order valence-corrected chi connectivity index (χ4v) is 1.97. The van der Waals surface area contributed by atoms with Crippen molar-refractivity contribution in [3.05, 3.63) is 30.2 Å². The quantitative estimate of drug-likeness (QED) is 0.769. The van der Waals surface area contributed by atoms with Gasteiger partial charge < -0.3 is 14.6 Å². The van der Waals surface area contributed by atoms with Crippen LogP contribution in [0.2, 0.25) is 0 Å². The van der Waals surface area contributed by atoms with Crippen LogP contribution in [0.3, 0.4) is 0 Å². The van der Waals surface area contributed by atoms with Gasteiger partial charge in [-0.05, 0) is 37.1 Å². The third-order valence-corrected chi connectivity index (χ3v) is 3.27. The van der Waals surface area contributed by atoms with Crippen molar-refractivity contribution in [3.8, 4) is 17.1 Å². The maximum Gasteiger partial charge on any atom is 0.257 e. The van der Waals surface area contributed by atoms with Crippen LogP contribution in [0, 0.1) is 0 Å². The Bertz CT molecular complexity index is 608. The van der Waals surface area contributed by atoms with Crippen molar-refractivity contribution in [2.45, 2.75) is 39.5 Å². The van der Waals surface area contributed by atoms with E-state index in [1.165, 1.54) is 0 Å². The predicted molar refractivity (Wildman–Crippen MR) is 87.1 cm³/mol. The summed E-state index contributed by atoms with van der Waals surface area (Å²) in [6, 6.07) is 7.30. The minimum absolute atomic E-state index is 0.0166. The van der Waals surface area contributed by atoms with Crippen molar-refractivity contribution in [1.82, 2.24) is 15.5 Å². The monoisotopic (exact) mass is 317 g/mol. The fraction of sp³-hybridized carbons (Fsp3) is 0.471. The largest absolute Gasteiger partial charge is 0.484 e. The number of ether oxygens (including phenoxy) is 1. The van der Waals surface area contributed by atoms with Crippen LogP contribution in [0.5, 0.6) is 5.75 Å². The summed E-state index contributed by atoms with van der Waals surface area (Å²) in [4.78, 5) is 15.9. The molecular weight excluding hydrogens is 294 g/mol. The summed E-state index contributed by atoms with van der Waals surface area (Å²) >= 11 is 0. The van der Waals surface area contributed by atoms with Crippen molar-refractivity contribution in [3.63, 3.8) is 0 Å². The first kappa shape index (κ1) is 17.0. The van der Waals surface area contributed by atoms with Crippen LogP contribution in [0.15, 0.2) is 28.8 Å². The van der Waals surface area contributed by atoms with Crippen molar-refractivity contribution < 1.29 is 14.1 Å². The van der Waals surface area contributed by atoms with Crippen LogP contribution in [-0.4, -0.2) is 29.2 Å². The highest BCUT2D eigenvalue weighted by Gasteiger charge is 2.08. The van der Waals surface area contributed by atoms with Gasteiger partial charge in [0.1, 0.15) is 5.75 Å². The van der Waals surface area contributed by atoms with Gasteiger partial charge in [0.25, 0.3) is 5.91 Å². The number of unbranched alkanes of at least 4 members (excludes halogenated alkanes) is 1. The molecular formula is C17H23N3O3. The Morgan fingerprint density at radius 3 is 2.70 bits per heavy atom. The lowest BCUT2D eigenvalue weighted by Gasteiger charge is -2.06. The molecule has 0 aliphatic carbocycles. The second-order valence-electron chi connectivity index (χ2n) is 5.28. The van der Waals surface area contributed by atoms with E-state index in [-0.39, 0.29) is 12.5 Å². The van der Waals surface area contributed by atoms with Gasteiger partial charge in [0.15, 0.2) is 6.61 Å². The highest BCUT2D eigenvalue weighted by atomic mass is 16.5. The van der Waals surface area contributed by atoms with Crippen molar-refractivity contribution in [1.29, 1.82) is 0 Å². The van der Waals surface area contributed by atoms with Crippen molar-refractivity contribution in [2.24, 2.45) is 0 Å². The molecule has 0 saturated heterocycles. The number of benzene rings is 1. The molecule has 124 valence electrons. The summed E-state index contributed by atoms with van der Waals surface area (Å²) in [6.45, 7) is 4.81. The van der Waals surface area contributed by atoms with Gasteiger partial charge in [0.2, 0.25) is 11.7 Å². The molecule has 1 aromatic carbocycles. The molecule has 0 atom stereocenters. The molecule has 1 amide bonds. The van der Waals surface area contributed by atoms with E-state index < -0.39 is 0 Å². The van der Waals surface area contributed by atoms with Gasteiger partial charge in [-0.2, -0.15) is 4.98 Å². The zero-order valence-electron chi connectivity index (χ0n) is 13.7. The predicted octanol–water partition coefficient (Wildman–Crippen LogP) is 2.98. The molecule has 23 heavy (non-hydrogen) atoms. The molecule has 0 fully saturated rings. The van der Waals surface area contributed by atoms with Crippen molar-refractivity contribution in [2.75, 3.05) is 13.2 Å². The number of rotatable bonds is 9. The lowest BCUT2D eigenvalue weighted by atomic mass is 10.2. The van der Waals surface area contributed by atoms with Crippen LogP contribution >= 0.6 is 0 Å². The molecule has 1 heterocycles.